The van der Waals surface area contributed by atoms with Crippen LogP contribution in [0.3, 0.4) is 0 Å². The molecule has 0 fully saturated rings. The van der Waals surface area contributed by atoms with E-state index in [2.05, 4.69) is 19.9 Å². The highest BCUT2D eigenvalue weighted by atomic mass is 19.4. The van der Waals surface area contributed by atoms with Crippen molar-refractivity contribution < 1.29 is 13.2 Å². The fraction of sp³-hybridized carbons (Fsp3) is 0.0714. The summed E-state index contributed by atoms with van der Waals surface area (Å²) in [5, 5.41) is 0. The Morgan fingerprint density at radius 1 is 0.955 bits per heavy atom. The summed E-state index contributed by atoms with van der Waals surface area (Å²) in [5.74, 6) is 0.0906. The average Bonchev–Trinajstić information content (AvgIpc) is 2.98. The first-order valence-electron chi connectivity index (χ1n) is 6.21. The van der Waals surface area contributed by atoms with Crippen molar-refractivity contribution in [1.29, 1.82) is 0 Å². The van der Waals surface area contributed by atoms with Crippen LogP contribution in [0.5, 0.6) is 0 Å². The Bertz CT molecular complexity index is 829. The van der Waals surface area contributed by atoms with E-state index in [0.717, 1.165) is 6.20 Å². The lowest BCUT2D eigenvalue weighted by Crippen LogP contribution is -2.04. The lowest BCUT2D eigenvalue weighted by Gasteiger charge is -2.03. The molecule has 5 nitrogen and oxygen atoms in total. The molecule has 3 aromatic heterocycles. The summed E-state index contributed by atoms with van der Waals surface area (Å²) in [7, 11) is 0. The van der Waals surface area contributed by atoms with Gasteiger partial charge in [0.1, 0.15) is 11.5 Å². The molecule has 0 radical (unpaired) electrons. The minimum atomic E-state index is -4.46. The Hall–Kier alpha value is -2.90. The van der Waals surface area contributed by atoms with Crippen LogP contribution in [-0.4, -0.2) is 19.9 Å². The number of rotatable bonds is 2. The molecule has 0 aliphatic carbocycles. The fourth-order valence-corrected chi connectivity index (χ4v) is 1.89. The molecule has 0 spiro atoms. The van der Waals surface area contributed by atoms with E-state index in [-0.39, 0.29) is 11.4 Å². The fourth-order valence-electron chi connectivity index (χ4n) is 1.89. The number of aromatic amines is 2. The molecule has 0 atom stereocenters. The van der Waals surface area contributed by atoms with Gasteiger partial charge in [0.15, 0.2) is 0 Å². The maximum absolute atomic E-state index is 12.5. The zero-order valence-corrected chi connectivity index (χ0v) is 11.0. The Morgan fingerprint density at radius 2 is 1.73 bits per heavy atom. The van der Waals surface area contributed by atoms with E-state index in [9.17, 15) is 18.0 Å². The van der Waals surface area contributed by atoms with Crippen LogP contribution < -0.4 is 5.56 Å². The van der Waals surface area contributed by atoms with Crippen molar-refractivity contribution >= 4 is 0 Å². The van der Waals surface area contributed by atoms with Gasteiger partial charge in [0, 0.05) is 29.6 Å². The summed E-state index contributed by atoms with van der Waals surface area (Å²) < 4.78 is 37.6. The van der Waals surface area contributed by atoms with Crippen molar-refractivity contribution in [3.63, 3.8) is 0 Å². The number of nitrogens with one attached hydrogen (secondary N) is 2. The highest BCUT2D eigenvalue weighted by molar-refractivity contribution is 5.62. The van der Waals surface area contributed by atoms with Gasteiger partial charge in [-0.15, -0.1) is 0 Å². The predicted molar refractivity (Wildman–Crippen MR) is 72.9 cm³/mol. The molecular weight excluding hydrogens is 297 g/mol. The highest BCUT2D eigenvalue weighted by Gasteiger charge is 2.33. The lowest BCUT2D eigenvalue weighted by molar-refractivity contribution is -0.140. The van der Waals surface area contributed by atoms with Gasteiger partial charge in [0.05, 0.1) is 11.9 Å². The quantitative estimate of drug-likeness (QED) is 0.764. The number of hydrogen-bond acceptors (Lipinski definition) is 3. The molecule has 0 bridgehead atoms. The van der Waals surface area contributed by atoms with Crippen LogP contribution in [0.1, 0.15) is 5.69 Å². The van der Waals surface area contributed by atoms with Crippen LogP contribution in [0.2, 0.25) is 0 Å². The van der Waals surface area contributed by atoms with Crippen molar-refractivity contribution in [2.24, 2.45) is 0 Å². The minimum Gasteiger partial charge on any atom is -0.334 e. The molecule has 0 aromatic carbocycles. The van der Waals surface area contributed by atoms with E-state index < -0.39 is 11.9 Å². The van der Waals surface area contributed by atoms with E-state index in [1.54, 1.807) is 18.2 Å². The number of pyridine rings is 2. The number of H-pyrrole nitrogens is 2. The molecule has 0 aliphatic heterocycles. The molecule has 0 saturated heterocycles. The third-order valence-electron chi connectivity index (χ3n) is 3.00. The van der Waals surface area contributed by atoms with Gasteiger partial charge in [-0.2, -0.15) is 13.2 Å². The minimum absolute atomic E-state index is 0.0906. The van der Waals surface area contributed by atoms with Crippen molar-refractivity contribution in [2.75, 3.05) is 0 Å². The van der Waals surface area contributed by atoms with Gasteiger partial charge in [-0.3, -0.25) is 9.78 Å². The van der Waals surface area contributed by atoms with E-state index in [1.807, 2.05) is 0 Å². The van der Waals surface area contributed by atoms with Gasteiger partial charge < -0.3 is 9.97 Å². The molecule has 2 N–H and O–H groups in total. The second kappa shape index (κ2) is 5.14. The van der Waals surface area contributed by atoms with Crippen LogP contribution in [0.4, 0.5) is 13.2 Å². The Labute approximate surface area is 121 Å². The number of halogens is 3. The summed E-state index contributed by atoms with van der Waals surface area (Å²) in [6.45, 7) is 0. The standard InChI is InChI=1S/C14H9F3N4O/c15-14(16,17)11-7-20-13(21-11)9-1-3-10(18-6-9)8-2-4-12(22)19-5-8/h1-7H,(H,19,22)(H,20,21). The van der Waals surface area contributed by atoms with Gasteiger partial charge in [-0.1, -0.05) is 0 Å². The van der Waals surface area contributed by atoms with Crippen molar-refractivity contribution in [3.05, 3.63) is 58.9 Å². The molecule has 22 heavy (non-hydrogen) atoms. The molecule has 0 aliphatic rings. The maximum atomic E-state index is 12.5. The SMILES string of the molecule is O=c1ccc(-c2ccc(-c3ncc(C(F)(F)F)[nH]3)cn2)c[nH]1. The third kappa shape index (κ3) is 2.76. The van der Waals surface area contributed by atoms with Crippen LogP contribution >= 0.6 is 0 Å². The van der Waals surface area contributed by atoms with Crippen molar-refractivity contribution in [2.45, 2.75) is 6.18 Å². The number of nitrogens with zero attached hydrogens (tertiary/aromatic N) is 2. The Balaban J connectivity index is 1.89. The van der Waals surface area contributed by atoms with Crippen LogP contribution in [-0.2, 0) is 6.18 Å². The smallest absolute Gasteiger partial charge is 0.334 e. The summed E-state index contributed by atoms with van der Waals surface area (Å²) >= 11 is 0. The lowest BCUT2D eigenvalue weighted by atomic mass is 10.1. The number of hydrogen-bond donors (Lipinski definition) is 2. The molecule has 3 heterocycles. The largest absolute Gasteiger partial charge is 0.432 e. The van der Waals surface area contributed by atoms with Crippen molar-refractivity contribution in [1.82, 2.24) is 19.9 Å². The molecule has 0 amide bonds. The second-order valence-electron chi connectivity index (χ2n) is 4.52. The van der Waals surface area contributed by atoms with Crippen LogP contribution in [0, 0.1) is 0 Å². The number of aromatic nitrogens is 4. The first kappa shape index (κ1) is 14.1. The molecule has 112 valence electrons. The zero-order chi connectivity index (χ0) is 15.7. The maximum Gasteiger partial charge on any atom is 0.432 e. The summed E-state index contributed by atoms with van der Waals surface area (Å²) in [4.78, 5) is 23.6. The van der Waals surface area contributed by atoms with E-state index in [0.29, 0.717) is 16.8 Å². The normalized spacial score (nSPS) is 11.6. The number of alkyl halides is 3. The van der Waals surface area contributed by atoms with Gasteiger partial charge in [-0.05, 0) is 18.2 Å². The van der Waals surface area contributed by atoms with E-state index in [4.69, 9.17) is 0 Å². The predicted octanol–water partition coefficient (Wildman–Crippen LogP) is 2.85. The molecule has 8 heteroatoms. The molecular formula is C14H9F3N4O. The van der Waals surface area contributed by atoms with Crippen LogP contribution in [0.15, 0.2) is 47.7 Å². The Morgan fingerprint density at radius 3 is 2.27 bits per heavy atom. The molecule has 3 aromatic rings. The zero-order valence-electron chi connectivity index (χ0n) is 11.0. The molecule has 0 saturated carbocycles. The highest BCUT2D eigenvalue weighted by Crippen LogP contribution is 2.29. The summed E-state index contributed by atoms with van der Waals surface area (Å²) in [6.07, 6.45) is -0.794. The summed E-state index contributed by atoms with van der Waals surface area (Å²) in [6, 6.07) is 6.22. The topological polar surface area (TPSA) is 74.4 Å². The first-order valence-corrected chi connectivity index (χ1v) is 6.21. The Kier molecular flexibility index (Phi) is 3.28. The summed E-state index contributed by atoms with van der Waals surface area (Å²) in [5.41, 5.74) is 0.579. The van der Waals surface area contributed by atoms with Gasteiger partial charge in [0.2, 0.25) is 5.56 Å². The monoisotopic (exact) mass is 306 g/mol. The third-order valence-corrected chi connectivity index (χ3v) is 3.00. The molecule has 0 unspecified atom stereocenters. The van der Waals surface area contributed by atoms with Gasteiger partial charge in [0.25, 0.3) is 0 Å². The van der Waals surface area contributed by atoms with Crippen molar-refractivity contribution in [3.8, 4) is 22.6 Å². The molecule has 3 rings (SSSR count). The van der Waals surface area contributed by atoms with E-state index in [1.165, 1.54) is 18.5 Å². The van der Waals surface area contributed by atoms with Gasteiger partial charge >= 0.3 is 6.18 Å². The van der Waals surface area contributed by atoms with E-state index >= 15 is 0 Å². The number of imidazole rings is 1. The second-order valence-corrected chi connectivity index (χ2v) is 4.52. The average molecular weight is 306 g/mol. The first-order chi connectivity index (χ1) is 10.4. The van der Waals surface area contributed by atoms with Gasteiger partial charge in [-0.25, -0.2) is 4.98 Å². The van der Waals surface area contributed by atoms with Crippen LogP contribution in [0.25, 0.3) is 22.6 Å².